The highest BCUT2D eigenvalue weighted by atomic mass is 16.2. The van der Waals surface area contributed by atoms with Gasteiger partial charge in [0.15, 0.2) is 0 Å². The molecule has 3 heteroatoms. The van der Waals surface area contributed by atoms with E-state index in [-0.39, 0.29) is 6.03 Å². The van der Waals surface area contributed by atoms with Crippen molar-refractivity contribution in [2.45, 2.75) is 44.9 Å². The van der Waals surface area contributed by atoms with Gasteiger partial charge in [-0.2, -0.15) is 0 Å². The van der Waals surface area contributed by atoms with E-state index in [9.17, 15) is 4.79 Å². The molecule has 0 aliphatic heterocycles. The molecule has 2 rings (SSSR count). The van der Waals surface area contributed by atoms with Crippen LogP contribution in [0.5, 0.6) is 0 Å². The van der Waals surface area contributed by atoms with E-state index in [1.807, 2.05) is 0 Å². The number of nitrogens with one attached hydrogen (secondary N) is 1. The highest BCUT2D eigenvalue weighted by Gasteiger charge is 2.34. The number of rotatable bonds is 2. The fourth-order valence-corrected chi connectivity index (χ4v) is 3.56. The van der Waals surface area contributed by atoms with Crippen LogP contribution in [0.2, 0.25) is 0 Å². The van der Waals surface area contributed by atoms with Crippen molar-refractivity contribution in [2.75, 3.05) is 6.54 Å². The summed E-state index contributed by atoms with van der Waals surface area (Å²) in [5, 5.41) is 2.79. The van der Waals surface area contributed by atoms with E-state index in [1.54, 1.807) is 0 Å². The summed E-state index contributed by atoms with van der Waals surface area (Å²) in [6, 6.07) is -0.368. The van der Waals surface area contributed by atoms with Crippen LogP contribution >= 0.6 is 0 Å². The minimum atomic E-state index is -0.368. The topological polar surface area (TPSA) is 55.1 Å². The molecule has 0 heterocycles. The Balaban J connectivity index is 1.88. The number of hydrogen-bond acceptors (Lipinski definition) is 1. The lowest BCUT2D eigenvalue weighted by atomic mass is 9.65. The van der Waals surface area contributed by atoms with Gasteiger partial charge >= 0.3 is 6.03 Å². The van der Waals surface area contributed by atoms with Crippen LogP contribution in [0.4, 0.5) is 4.79 Å². The maximum absolute atomic E-state index is 10.7. The molecule has 3 atom stereocenters. The number of fused-ring (bicyclic) bond motifs is 1. The van der Waals surface area contributed by atoms with Gasteiger partial charge in [-0.1, -0.05) is 32.1 Å². The van der Waals surface area contributed by atoms with Crippen molar-refractivity contribution in [1.82, 2.24) is 5.32 Å². The van der Waals surface area contributed by atoms with E-state index < -0.39 is 0 Å². The van der Waals surface area contributed by atoms with Gasteiger partial charge in [-0.3, -0.25) is 0 Å². The SMILES string of the molecule is NC(=O)NCC1CCCC2CCCCC21. The summed E-state index contributed by atoms with van der Waals surface area (Å²) in [5.41, 5.74) is 5.13. The highest BCUT2D eigenvalue weighted by Crippen LogP contribution is 2.43. The fourth-order valence-electron chi connectivity index (χ4n) is 3.56. The van der Waals surface area contributed by atoms with E-state index in [0.29, 0.717) is 5.92 Å². The first-order chi connectivity index (χ1) is 7.27. The highest BCUT2D eigenvalue weighted by molar-refractivity contribution is 5.71. The average molecular weight is 210 g/mol. The van der Waals surface area contributed by atoms with Gasteiger partial charge in [-0.15, -0.1) is 0 Å². The van der Waals surface area contributed by atoms with Crippen LogP contribution in [0.15, 0.2) is 0 Å². The summed E-state index contributed by atoms with van der Waals surface area (Å²) >= 11 is 0. The summed E-state index contributed by atoms with van der Waals surface area (Å²) in [7, 11) is 0. The molecule has 2 amide bonds. The summed E-state index contributed by atoms with van der Waals surface area (Å²) in [4.78, 5) is 10.7. The Hall–Kier alpha value is -0.730. The number of carbonyl (C=O) groups is 1. The van der Waals surface area contributed by atoms with E-state index >= 15 is 0 Å². The van der Waals surface area contributed by atoms with Crippen molar-refractivity contribution in [2.24, 2.45) is 23.5 Å². The Kier molecular flexibility index (Phi) is 3.49. The Morgan fingerprint density at radius 3 is 2.67 bits per heavy atom. The van der Waals surface area contributed by atoms with Crippen LogP contribution < -0.4 is 11.1 Å². The molecule has 3 unspecified atom stereocenters. The lowest BCUT2D eigenvalue weighted by Gasteiger charge is -2.41. The summed E-state index contributed by atoms with van der Waals surface area (Å²) < 4.78 is 0. The van der Waals surface area contributed by atoms with Crippen LogP contribution in [0, 0.1) is 17.8 Å². The Morgan fingerprint density at radius 1 is 1.13 bits per heavy atom. The molecule has 2 aliphatic rings. The maximum atomic E-state index is 10.7. The zero-order valence-corrected chi connectivity index (χ0v) is 9.37. The molecule has 2 aliphatic carbocycles. The molecule has 0 bridgehead atoms. The third-order valence-electron chi connectivity index (χ3n) is 4.26. The smallest absolute Gasteiger partial charge is 0.312 e. The lowest BCUT2D eigenvalue weighted by molar-refractivity contribution is 0.104. The number of carbonyl (C=O) groups excluding carboxylic acids is 1. The molecule has 3 nitrogen and oxygen atoms in total. The largest absolute Gasteiger partial charge is 0.352 e. The van der Waals surface area contributed by atoms with Gasteiger partial charge in [-0.25, -0.2) is 4.79 Å². The van der Waals surface area contributed by atoms with E-state index in [1.165, 1.54) is 44.9 Å². The van der Waals surface area contributed by atoms with Crippen molar-refractivity contribution >= 4 is 6.03 Å². The van der Waals surface area contributed by atoms with Gasteiger partial charge < -0.3 is 11.1 Å². The zero-order valence-electron chi connectivity index (χ0n) is 9.37. The van der Waals surface area contributed by atoms with E-state index in [4.69, 9.17) is 5.73 Å². The molecule has 0 saturated heterocycles. The average Bonchev–Trinajstić information content (AvgIpc) is 2.26. The maximum Gasteiger partial charge on any atom is 0.312 e. The van der Waals surface area contributed by atoms with Crippen LogP contribution in [0.25, 0.3) is 0 Å². The van der Waals surface area contributed by atoms with Crippen LogP contribution in [0.1, 0.15) is 44.9 Å². The van der Waals surface area contributed by atoms with Crippen molar-refractivity contribution in [3.8, 4) is 0 Å². The molecule has 0 aromatic carbocycles. The number of urea groups is 1. The van der Waals surface area contributed by atoms with Gasteiger partial charge in [0.25, 0.3) is 0 Å². The summed E-state index contributed by atoms with van der Waals surface area (Å²) in [6.07, 6.45) is 9.62. The molecule has 0 aromatic heterocycles. The van der Waals surface area contributed by atoms with Crippen molar-refractivity contribution in [1.29, 1.82) is 0 Å². The summed E-state index contributed by atoms with van der Waals surface area (Å²) in [6.45, 7) is 0.802. The van der Waals surface area contributed by atoms with E-state index in [0.717, 1.165) is 18.4 Å². The molecule has 0 aromatic rings. The molecule has 86 valence electrons. The van der Waals surface area contributed by atoms with Crippen LogP contribution in [-0.4, -0.2) is 12.6 Å². The predicted molar refractivity (Wildman–Crippen MR) is 60.4 cm³/mol. The monoisotopic (exact) mass is 210 g/mol. The normalized spacial score (nSPS) is 35.6. The van der Waals surface area contributed by atoms with E-state index in [2.05, 4.69) is 5.32 Å². The number of hydrogen-bond donors (Lipinski definition) is 2. The molecule has 15 heavy (non-hydrogen) atoms. The minimum absolute atomic E-state index is 0.368. The first kappa shape index (κ1) is 10.8. The molecular formula is C12H22N2O. The fraction of sp³-hybridized carbons (Fsp3) is 0.917. The van der Waals surface area contributed by atoms with Gasteiger partial charge in [0.1, 0.15) is 0 Å². The second-order valence-corrected chi connectivity index (χ2v) is 5.14. The molecule has 2 saturated carbocycles. The van der Waals surface area contributed by atoms with Gasteiger partial charge in [0.05, 0.1) is 0 Å². The molecule has 2 fully saturated rings. The molecule has 0 spiro atoms. The molecular weight excluding hydrogens is 188 g/mol. The number of amides is 2. The van der Waals surface area contributed by atoms with Gasteiger partial charge in [-0.05, 0) is 30.6 Å². The lowest BCUT2D eigenvalue weighted by Crippen LogP contribution is -2.40. The predicted octanol–water partition coefficient (Wildman–Crippen LogP) is 2.26. The Labute approximate surface area is 91.8 Å². The second-order valence-electron chi connectivity index (χ2n) is 5.14. The van der Waals surface area contributed by atoms with Crippen LogP contribution in [0.3, 0.4) is 0 Å². The van der Waals surface area contributed by atoms with Crippen molar-refractivity contribution in [3.63, 3.8) is 0 Å². The standard InChI is InChI=1S/C12H22N2O/c13-12(15)14-8-10-6-3-5-9-4-1-2-7-11(9)10/h9-11H,1-8H2,(H3,13,14,15). The minimum Gasteiger partial charge on any atom is -0.352 e. The van der Waals surface area contributed by atoms with Crippen LogP contribution in [-0.2, 0) is 0 Å². The van der Waals surface area contributed by atoms with Gasteiger partial charge in [0, 0.05) is 6.54 Å². The third-order valence-corrected chi connectivity index (χ3v) is 4.26. The molecule has 3 N–H and O–H groups in total. The van der Waals surface area contributed by atoms with Gasteiger partial charge in [0.2, 0.25) is 0 Å². The second kappa shape index (κ2) is 4.86. The quantitative estimate of drug-likeness (QED) is 0.721. The Bertz CT molecular complexity index is 228. The van der Waals surface area contributed by atoms with Crippen molar-refractivity contribution < 1.29 is 4.79 Å². The zero-order chi connectivity index (χ0) is 10.7. The summed E-state index contributed by atoms with van der Waals surface area (Å²) in [5.74, 6) is 2.49. The Morgan fingerprint density at radius 2 is 1.87 bits per heavy atom. The first-order valence-electron chi connectivity index (χ1n) is 6.30. The molecule has 0 radical (unpaired) electrons. The third kappa shape index (κ3) is 2.64. The number of nitrogens with two attached hydrogens (primary N) is 1. The number of primary amides is 1. The van der Waals surface area contributed by atoms with Crippen molar-refractivity contribution in [3.05, 3.63) is 0 Å². The first-order valence-corrected chi connectivity index (χ1v) is 6.30.